The summed E-state index contributed by atoms with van der Waals surface area (Å²) < 4.78 is 12.2. The highest BCUT2D eigenvalue weighted by Crippen LogP contribution is 2.38. The summed E-state index contributed by atoms with van der Waals surface area (Å²) in [4.78, 5) is 24.7. The molecule has 4 unspecified atom stereocenters. The SMILES string of the molecule is C=C1C(C(C)(C)C)NC(=O)OC2CC2CCCCCc2nc(C=CC)c(CC)nc2OC(C)CN1C. The molecule has 0 radical (unpaired) electrons. The second-order valence-corrected chi connectivity index (χ2v) is 11.4. The first-order chi connectivity index (χ1) is 17.0. The molecule has 1 aromatic heterocycles. The number of alkyl carbamates (subject to hydrolysis) is 1. The van der Waals surface area contributed by atoms with E-state index in [1.165, 1.54) is 0 Å². The van der Waals surface area contributed by atoms with Crippen LogP contribution in [0.3, 0.4) is 0 Å². The Morgan fingerprint density at radius 1 is 1.19 bits per heavy atom. The van der Waals surface area contributed by atoms with Gasteiger partial charge in [-0.3, -0.25) is 0 Å². The van der Waals surface area contributed by atoms with E-state index < -0.39 is 0 Å². The van der Waals surface area contributed by atoms with Crippen LogP contribution in [0.15, 0.2) is 18.4 Å². The molecule has 4 atom stereocenters. The van der Waals surface area contributed by atoms with E-state index in [2.05, 4.69) is 44.5 Å². The summed E-state index contributed by atoms with van der Waals surface area (Å²) in [6.45, 7) is 17.4. The molecule has 2 heterocycles. The topological polar surface area (TPSA) is 76.6 Å². The smallest absolute Gasteiger partial charge is 0.407 e. The standard InChI is InChI=1S/C29H46N4O3/c1-9-14-23-22(10-2)31-27-24(30-23)16-13-11-12-15-21-17-25(21)36-28(34)32-26(29(5,6)7)20(4)33(8)18-19(3)35-27/h9,14,19,21,25-26H,4,10-13,15-18H2,1-3,5-8H3,(H,32,34). The molecule has 0 bridgehead atoms. The number of nitrogens with one attached hydrogen (secondary N) is 1. The molecule has 36 heavy (non-hydrogen) atoms. The van der Waals surface area contributed by atoms with Crippen LogP contribution in [-0.2, 0) is 17.6 Å². The molecule has 0 aromatic carbocycles. The van der Waals surface area contributed by atoms with E-state index in [4.69, 9.17) is 19.4 Å². The van der Waals surface area contributed by atoms with Crippen LogP contribution in [0.1, 0.15) is 90.7 Å². The number of rotatable bonds is 2. The maximum atomic E-state index is 12.7. The van der Waals surface area contributed by atoms with Gasteiger partial charge in [0.15, 0.2) is 0 Å². The molecule has 200 valence electrons. The highest BCUT2D eigenvalue weighted by Gasteiger charge is 2.41. The van der Waals surface area contributed by atoms with Crippen molar-refractivity contribution in [2.24, 2.45) is 11.3 Å². The Balaban J connectivity index is 1.86. The Morgan fingerprint density at radius 3 is 2.61 bits per heavy atom. The van der Waals surface area contributed by atoms with E-state index in [1.54, 1.807) is 0 Å². The number of ether oxygens (including phenoxy) is 2. The summed E-state index contributed by atoms with van der Waals surface area (Å²) in [7, 11) is 1.99. The fourth-order valence-corrected chi connectivity index (χ4v) is 4.89. The van der Waals surface area contributed by atoms with Crippen molar-refractivity contribution in [1.82, 2.24) is 20.2 Å². The van der Waals surface area contributed by atoms with Crippen LogP contribution in [0.25, 0.3) is 6.08 Å². The summed E-state index contributed by atoms with van der Waals surface area (Å²) in [6.07, 6.45) is 10.5. The molecule has 7 nitrogen and oxygen atoms in total. The van der Waals surface area contributed by atoms with Gasteiger partial charge in [-0.25, -0.2) is 14.8 Å². The molecule has 7 heteroatoms. The lowest BCUT2D eigenvalue weighted by atomic mass is 9.84. The molecule has 2 aliphatic rings. The minimum Gasteiger partial charge on any atom is -0.471 e. The van der Waals surface area contributed by atoms with Crippen LogP contribution >= 0.6 is 0 Å². The number of carbonyl (C=O) groups is 1. The van der Waals surface area contributed by atoms with Crippen LogP contribution in [0.4, 0.5) is 4.79 Å². The molecular weight excluding hydrogens is 452 g/mol. The highest BCUT2D eigenvalue weighted by atomic mass is 16.6. The molecule has 1 amide bonds. The van der Waals surface area contributed by atoms with Gasteiger partial charge in [0.25, 0.3) is 0 Å². The summed E-state index contributed by atoms with van der Waals surface area (Å²) in [5.41, 5.74) is 3.42. The van der Waals surface area contributed by atoms with E-state index in [0.29, 0.717) is 18.3 Å². The number of fused-ring (bicyclic) bond motifs is 2. The van der Waals surface area contributed by atoms with Gasteiger partial charge in [0.2, 0.25) is 5.88 Å². The monoisotopic (exact) mass is 498 g/mol. The molecule has 1 aliphatic heterocycles. The van der Waals surface area contributed by atoms with Crippen molar-refractivity contribution in [3.8, 4) is 5.88 Å². The Bertz CT molecular complexity index is 953. The lowest BCUT2D eigenvalue weighted by Gasteiger charge is -2.37. The van der Waals surface area contributed by atoms with E-state index in [9.17, 15) is 4.79 Å². The fourth-order valence-electron chi connectivity index (χ4n) is 4.89. The van der Waals surface area contributed by atoms with Gasteiger partial charge < -0.3 is 19.7 Å². The van der Waals surface area contributed by atoms with Crippen molar-refractivity contribution in [2.45, 2.75) is 105 Å². The van der Waals surface area contributed by atoms with Crippen LogP contribution < -0.4 is 10.1 Å². The number of nitrogens with zero attached hydrogens (tertiary/aromatic N) is 3. The molecule has 1 aliphatic carbocycles. The van der Waals surface area contributed by atoms with Crippen molar-refractivity contribution in [1.29, 1.82) is 0 Å². The van der Waals surface area contributed by atoms with E-state index in [-0.39, 0.29) is 29.8 Å². The second kappa shape index (κ2) is 12.1. The van der Waals surface area contributed by atoms with E-state index in [0.717, 1.165) is 67.7 Å². The zero-order chi connectivity index (χ0) is 26.5. The Morgan fingerprint density at radius 2 is 1.94 bits per heavy atom. The average Bonchev–Trinajstić information content (AvgIpc) is 3.54. The first kappa shape index (κ1) is 28.0. The number of aromatic nitrogens is 2. The van der Waals surface area contributed by atoms with E-state index in [1.807, 2.05) is 33.0 Å². The number of hydrogen-bond acceptors (Lipinski definition) is 6. The van der Waals surface area contributed by atoms with Gasteiger partial charge in [-0.1, -0.05) is 53.2 Å². The van der Waals surface area contributed by atoms with Gasteiger partial charge in [-0.2, -0.15) is 0 Å². The zero-order valence-corrected chi connectivity index (χ0v) is 23.4. The number of amides is 1. The van der Waals surface area contributed by atoms with Gasteiger partial charge in [0.1, 0.15) is 17.9 Å². The molecule has 1 N–H and O–H groups in total. The summed E-state index contributed by atoms with van der Waals surface area (Å²) >= 11 is 0. The second-order valence-electron chi connectivity index (χ2n) is 11.4. The molecule has 1 fully saturated rings. The summed E-state index contributed by atoms with van der Waals surface area (Å²) in [5, 5.41) is 3.09. The largest absolute Gasteiger partial charge is 0.471 e. The molecule has 0 saturated heterocycles. The van der Waals surface area contributed by atoms with Crippen molar-refractivity contribution < 1.29 is 14.3 Å². The van der Waals surface area contributed by atoms with Crippen molar-refractivity contribution >= 4 is 12.2 Å². The first-order valence-electron chi connectivity index (χ1n) is 13.6. The molecule has 1 saturated carbocycles. The lowest BCUT2D eigenvalue weighted by molar-refractivity contribution is 0.117. The average molecular weight is 499 g/mol. The quantitative estimate of drug-likeness (QED) is 0.545. The molecular formula is C29H46N4O3. The normalized spacial score (nSPS) is 26.7. The van der Waals surface area contributed by atoms with Crippen molar-refractivity contribution in [2.75, 3.05) is 13.6 Å². The van der Waals surface area contributed by atoms with Crippen molar-refractivity contribution in [3.05, 3.63) is 35.4 Å². The third-order valence-electron chi connectivity index (χ3n) is 7.09. The molecule has 3 rings (SSSR count). The maximum Gasteiger partial charge on any atom is 0.407 e. The van der Waals surface area contributed by atoms with Crippen LogP contribution in [0, 0.1) is 11.3 Å². The van der Waals surface area contributed by atoms with Crippen LogP contribution in [-0.4, -0.2) is 52.8 Å². The minimum absolute atomic E-state index is 0.0337. The predicted octanol–water partition coefficient (Wildman–Crippen LogP) is 5.93. The number of allylic oxidation sites excluding steroid dienone is 1. The van der Waals surface area contributed by atoms with Gasteiger partial charge in [0, 0.05) is 12.7 Å². The molecule has 0 spiro atoms. The number of likely N-dealkylation sites (N-methyl/N-ethyl adjacent to an activating group) is 1. The highest BCUT2D eigenvalue weighted by molar-refractivity contribution is 5.68. The van der Waals surface area contributed by atoms with E-state index >= 15 is 0 Å². The third kappa shape index (κ3) is 7.47. The number of aryl methyl sites for hydroxylation is 2. The summed E-state index contributed by atoms with van der Waals surface area (Å²) in [5.74, 6) is 1.11. The Hall–Kier alpha value is -2.57. The van der Waals surface area contributed by atoms with Gasteiger partial charge in [-0.05, 0) is 63.4 Å². The zero-order valence-electron chi connectivity index (χ0n) is 23.4. The predicted molar refractivity (Wildman–Crippen MR) is 145 cm³/mol. The Labute approximate surface area is 217 Å². The molecule has 1 aromatic rings. The Kier molecular flexibility index (Phi) is 9.42. The van der Waals surface area contributed by atoms with Crippen LogP contribution in [0.2, 0.25) is 0 Å². The summed E-state index contributed by atoms with van der Waals surface area (Å²) in [6, 6.07) is -0.263. The van der Waals surface area contributed by atoms with Crippen LogP contribution in [0.5, 0.6) is 5.88 Å². The lowest BCUT2D eigenvalue weighted by Crippen LogP contribution is -2.49. The third-order valence-corrected chi connectivity index (χ3v) is 7.09. The van der Waals surface area contributed by atoms with Gasteiger partial charge >= 0.3 is 6.09 Å². The van der Waals surface area contributed by atoms with Gasteiger partial charge in [-0.15, -0.1) is 0 Å². The van der Waals surface area contributed by atoms with Crippen molar-refractivity contribution in [3.63, 3.8) is 0 Å². The fraction of sp³-hybridized carbons (Fsp3) is 0.690. The number of hydrogen-bond donors (Lipinski definition) is 1. The minimum atomic E-state index is -0.351. The maximum absolute atomic E-state index is 12.7. The first-order valence-corrected chi connectivity index (χ1v) is 13.6. The van der Waals surface area contributed by atoms with Gasteiger partial charge in [0.05, 0.1) is 24.0 Å². The number of carbonyl (C=O) groups excluding carboxylic acids is 1.